The Balaban J connectivity index is 1.82. The number of ether oxygens (including phenoxy) is 1. The highest BCUT2D eigenvalue weighted by molar-refractivity contribution is 5.05. The Hall–Kier alpha value is -0.940. The molecule has 0 saturated heterocycles. The lowest BCUT2D eigenvalue weighted by atomic mass is 9.90. The number of methoxy groups -OCH3 is 1. The van der Waals surface area contributed by atoms with Crippen LogP contribution in [0.25, 0.3) is 0 Å². The maximum absolute atomic E-state index is 5.16. The van der Waals surface area contributed by atoms with E-state index in [0.717, 1.165) is 30.8 Å². The third-order valence-corrected chi connectivity index (χ3v) is 4.13. The molecular weight excluding hydrogens is 216 g/mol. The van der Waals surface area contributed by atoms with Crippen LogP contribution < -0.4 is 0 Å². The summed E-state index contributed by atoms with van der Waals surface area (Å²) in [5, 5.41) is 8.58. The van der Waals surface area contributed by atoms with Crippen LogP contribution in [0.5, 0.6) is 0 Å². The zero-order valence-electron chi connectivity index (χ0n) is 10.6. The van der Waals surface area contributed by atoms with E-state index in [2.05, 4.69) is 26.6 Å². The monoisotopic (exact) mass is 236 g/mol. The van der Waals surface area contributed by atoms with Crippen molar-refractivity contribution in [1.82, 2.24) is 19.7 Å². The number of nitrogens with zero attached hydrogens (tertiary/aromatic N) is 4. The highest BCUT2D eigenvalue weighted by Gasteiger charge is 2.34. The van der Waals surface area contributed by atoms with Gasteiger partial charge in [-0.1, -0.05) is 6.42 Å². The summed E-state index contributed by atoms with van der Waals surface area (Å²) in [5.41, 5.74) is 0. The molecule has 1 saturated carbocycles. The van der Waals surface area contributed by atoms with Gasteiger partial charge < -0.3 is 9.30 Å². The van der Waals surface area contributed by atoms with Gasteiger partial charge in [0.25, 0.3) is 0 Å². The zero-order chi connectivity index (χ0) is 11.8. The van der Waals surface area contributed by atoms with Crippen molar-refractivity contribution in [2.45, 2.75) is 51.4 Å². The van der Waals surface area contributed by atoms with Crippen molar-refractivity contribution < 1.29 is 4.74 Å². The molecule has 2 heterocycles. The minimum atomic E-state index is 0.396. The van der Waals surface area contributed by atoms with E-state index < -0.39 is 0 Å². The number of rotatable bonds is 3. The lowest BCUT2D eigenvalue weighted by Crippen LogP contribution is -2.46. The van der Waals surface area contributed by atoms with Gasteiger partial charge in [0.15, 0.2) is 5.82 Å². The molecule has 0 unspecified atom stereocenters. The second kappa shape index (κ2) is 4.38. The average molecular weight is 236 g/mol. The number of aromatic nitrogens is 3. The van der Waals surface area contributed by atoms with Crippen molar-refractivity contribution in [3.05, 3.63) is 11.6 Å². The maximum Gasteiger partial charge on any atom is 0.159 e. The topological polar surface area (TPSA) is 43.2 Å². The van der Waals surface area contributed by atoms with E-state index >= 15 is 0 Å². The molecule has 0 aromatic carbocycles. The summed E-state index contributed by atoms with van der Waals surface area (Å²) in [6, 6.07) is 1.17. The van der Waals surface area contributed by atoms with Gasteiger partial charge in [0.2, 0.25) is 0 Å². The fourth-order valence-electron chi connectivity index (χ4n) is 2.91. The summed E-state index contributed by atoms with van der Waals surface area (Å²) in [5.74, 6) is 2.07. The number of hydrogen-bond acceptors (Lipinski definition) is 4. The van der Waals surface area contributed by atoms with Gasteiger partial charge in [-0.05, 0) is 19.8 Å². The molecular formula is C12H20N4O. The minimum Gasteiger partial charge on any atom is -0.377 e. The normalized spacial score (nSPS) is 25.6. The molecule has 17 heavy (non-hydrogen) atoms. The Morgan fingerprint density at radius 1 is 1.29 bits per heavy atom. The van der Waals surface area contributed by atoms with Gasteiger partial charge in [-0.15, -0.1) is 10.2 Å². The largest absolute Gasteiger partial charge is 0.377 e. The van der Waals surface area contributed by atoms with Gasteiger partial charge in [0.05, 0.1) is 6.04 Å². The minimum absolute atomic E-state index is 0.396. The summed E-state index contributed by atoms with van der Waals surface area (Å²) in [6.45, 7) is 4.92. The van der Waals surface area contributed by atoms with E-state index in [-0.39, 0.29) is 0 Å². The lowest BCUT2D eigenvalue weighted by Gasteiger charge is -2.43. The van der Waals surface area contributed by atoms with Crippen LogP contribution in [0.4, 0.5) is 0 Å². The molecule has 0 bridgehead atoms. The summed E-state index contributed by atoms with van der Waals surface area (Å²) in [6.07, 6.45) is 4.09. The first kappa shape index (κ1) is 11.2. The van der Waals surface area contributed by atoms with Gasteiger partial charge in [-0.25, -0.2) is 0 Å². The average Bonchev–Trinajstić information content (AvgIpc) is 2.65. The van der Waals surface area contributed by atoms with Gasteiger partial charge in [-0.3, -0.25) is 4.90 Å². The first-order valence-corrected chi connectivity index (χ1v) is 6.48. The lowest BCUT2D eigenvalue weighted by molar-refractivity contribution is 0.0593. The van der Waals surface area contributed by atoms with Crippen LogP contribution in [-0.4, -0.2) is 39.4 Å². The second-order valence-corrected chi connectivity index (χ2v) is 5.06. The van der Waals surface area contributed by atoms with Gasteiger partial charge in [-0.2, -0.15) is 0 Å². The van der Waals surface area contributed by atoms with E-state index in [0.29, 0.717) is 12.6 Å². The quantitative estimate of drug-likeness (QED) is 0.794. The molecule has 0 N–H and O–H groups in total. The summed E-state index contributed by atoms with van der Waals surface area (Å²) < 4.78 is 7.38. The summed E-state index contributed by atoms with van der Waals surface area (Å²) in [4.78, 5) is 2.59. The van der Waals surface area contributed by atoms with Crippen LogP contribution in [0.15, 0.2) is 0 Å². The molecule has 1 aromatic rings. The molecule has 2 aliphatic rings. The van der Waals surface area contributed by atoms with Crippen molar-refractivity contribution in [1.29, 1.82) is 0 Å². The maximum atomic E-state index is 5.16. The Kier molecular flexibility index (Phi) is 2.88. The molecule has 94 valence electrons. The Morgan fingerprint density at radius 2 is 2.12 bits per heavy atom. The van der Waals surface area contributed by atoms with Crippen molar-refractivity contribution in [2.24, 2.45) is 0 Å². The molecule has 0 amide bonds. The van der Waals surface area contributed by atoms with Gasteiger partial charge in [0, 0.05) is 26.2 Å². The predicted molar refractivity (Wildman–Crippen MR) is 63.5 cm³/mol. The van der Waals surface area contributed by atoms with Gasteiger partial charge >= 0.3 is 0 Å². The Bertz CT molecular complexity index is 399. The second-order valence-electron chi connectivity index (χ2n) is 5.06. The third-order valence-electron chi connectivity index (χ3n) is 4.13. The molecule has 1 atom stereocenters. The molecule has 1 aliphatic carbocycles. The molecule has 5 nitrogen and oxygen atoms in total. The van der Waals surface area contributed by atoms with Crippen LogP contribution in [0.3, 0.4) is 0 Å². The van der Waals surface area contributed by atoms with Crippen molar-refractivity contribution in [3.8, 4) is 0 Å². The van der Waals surface area contributed by atoms with Crippen LogP contribution in [0.2, 0.25) is 0 Å². The van der Waals surface area contributed by atoms with Crippen molar-refractivity contribution in [3.63, 3.8) is 0 Å². The molecule has 0 radical (unpaired) electrons. The van der Waals surface area contributed by atoms with E-state index in [1.165, 1.54) is 19.3 Å². The van der Waals surface area contributed by atoms with E-state index in [9.17, 15) is 0 Å². The third kappa shape index (κ3) is 1.77. The number of hydrogen-bond donors (Lipinski definition) is 0. The van der Waals surface area contributed by atoms with Crippen molar-refractivity contribution in [2.75, 3.05) is 13.7 Å². The highest BCUT2D eigenvalue weighted by atomic mass is 16.5. The molecule has 0 spiro atoms. The van der Waals surface area contributed by atoms with Crippen LogP contribution >= 0.6 is 0 Å². The first-order chi connectivity index (χ1) is 8.31. The first-order valence-electron chi connectivity index (χ1n) is 6.48. The molecule has 1 fully saturated rings. The Morgan fingerprint density at radius 3 is 2.76 bits per heavy atom. The van der Waals surface area contributed by atoms with Crippen LogP contribution in [0.1, 0.15) is 43.9 Å². The summed E-state index contributed by atoms with van der Waals surface area (Å²) in [7, 11) is 1.70. The number of fused-ring (bicyclic) bond motifs is 1. The van der Waals surface area contributed by atoms with E-state index in [1.54, 1.807) is 7.11 Å². The zero-order valence-corrected chi connectivity index (χ0v) is 10.6. The standard InChI is InChI=1S/C12H20N4O/c1-9-12-14-13-11(8-17-2)16(12)7-6-15(9)10-4-3-5-10/h9-10H,3-8H2,1-2H3/t9-/m1/s1. The fourth-order valence-corrected chi connectivity index (χ4v) is 2.91. The fraction of sp³-hybridized carbons (Fsp3) is 0.833. The highest BCUT2D eigenvalue weighted by Crippen LogP contribution is 2.33. The van der Waals surface area contributed by atoms with Crippen molar-refractivity contribution >= 4 is 0 Å². The molecule has 1 aromatic heterocycles. The predicted octanol–water partition coefficient (Wildman–Crippen LogP) is 1.35. The smallest absolute Gasteiger partial charge is 0.159 e. The summed E-state index contributed by atoms with van der Waals surface area (Å²) >= 11 is 0. The van der Waals surface area contributed by atoms with Crippen LogP contribution in [0, 0.1) is 0 Å². The molecule has 5 heteroatoms. The van der Waals surface area contributed by atoms with Gasteiger partial charge in [0.1, 0.15) is 12.4 Å². The SMILES string of the molecule is COCc1nnc2n1CCN(C1CCC1)[C@@H]2C. The Labute approximate surface area is 102 Å². The van der Waals surface area contributed by atoms with E-state index in [1.807, 2.05) is 0 Å². The van der Waals surface area contributed by atoms with E-state index in [4.69, 9.17) is 4.74 Å². The molecule has 1 aliphatic heterocycles. The van der Waals surface area contributed by atoms with Crippen LogP contribution in [-0.2, 0) is 17.9 Å². The molecule has 3 rings (SSSR count).